The molecule has 0 amide bonds. The quantitative estimate of drug-likeness (QED) is 0.590. The standard InChI is InChI=1S/C14H26N4O2S/c1-2-15-9-10-18-12-14(11-16-18)21(19,20)17-13-7-5-3-4-6-8-13/h11-13,15,17H,2-10H2,1H3. The van der Waals surface area contributed by atoms with Crippen LogP contribution in [0.5, 0.6) is 0 Å². The normalized spacial score (nSPS) is 17.8. The predicted molar refractivity (Wildman–Crippen MR) is 82.6 cm³/mol. The molecule has 7 heteroatoms. The molecule has 1 aromatic heterocycles. The zero-order valence-corrected chi connectivity index (χ0v) is 13.5. The zero-order chi connectivity index (χ0) is 15.1. The zero-order valence-electron chi connectivity index (χ0n) is 12.7. The highest BCUT2D eigenvalue weighted by atomic mass is 32.2. The lowest BCUT2D eigenvalue weighted by atomic mass is 10.1. The monoisotopic (exact) mass is 314 g/mol. The first-order valence-electron chi connectivity index (χ1n) is 7.87. The molecule has 0 aromatic carbocycles. The van der Waals surface area contributed by atoms with Crippen LogP contribution in [0.25, 0.3) is 0 Å². The molecule has 2 N–H and O–H groups in total. The Balaban J connectivity index is 1.95. The van der Waals surface area contributed by atoms with Crippen LogP contribution in [0.15, 0.2) is 17.3 Å². The molecule has 0 aliphatic heterocycles. The third-order valence-corrected chi connectivity index (χ3v) is 5.34. The van der Waals surface area contributed by atoms with Crippen LogP contribution in [0, 0.1) is 0 Å². The Morgan fingerprint density at radius 1 is 1.29 bits per heavy atom. The van der Waals surface area contributed by atoms with Gasteiger partial charge >= 0.3 is 0 Å². The van der Waals surface area contributed by atoms with Crippen molar-refractivity contribution < 1.29 is 8.42 Å². The third-order valence-electron chi connectivity index (χ3n) is 3.86. The molecule has 0 saturated heterocycles. The third kappa shape index (κ3) is 5.09. The summed E-state index contributed by atoms with van der Waals surface area (Å²) in [4.78, 5) is 0.267. The molecule has 1 heterocycles. The summed E-state index contributed by atoms with van der Waals surface area (Å²) in [5.41, 5.74) is 0. The molecule has 0 spiro atoms. The number of hydrogen-bond donors (Lipinski definition) is 2. The van der Waals surface area contributed by atoms with Gasteiger partial charge in [-0.25, -0.2) is 13.1 Å². The second-order valence-corrected chi connectivity index (χ2v) is 7.32. The molecular weight excluding hydrogens is 288 g/mol. The lowest BCUT2D eigenvalue weighted by Gasteiger charge is -2.15. The average molecular weight is 314 g/mol. The summed E-state index contributed by atoms with van der Waals surface area (Å²) < 4.78 is 29.3. The van der Waals surface area contributed by atoms with Crippen molar-refractivity contribution in [3.63, 3.8) is 0 Å². The van der Waals surface area contributed by atoms with Crippen molar-refractivity contribution >= 4 is 10.0 Å². The van der Waals surface area contributed by atoms with Gasteiger partial charge in [-0.15, -0.1) is 0 Å². The smallest absolute Gasteiger partial charge is 0.243 e. The summed E-state index contributed by atoms with van der Waals surface area (Å²) in [7, 11) is -3.44. The van der Waals surface area contributed by atoms with Crippen molar-refractivity contribution in [1.29, 1.82) is 0 Å². The molecule has 1 aromatic rings. The minimum atomic E-state index is -3.44. The lowest BCUT2D eigenvalue weighted by molar-refractivity contribution is 0.509. The van der Waals surface area contributed by atoms with Crippen LogP contribution >= 0.6 is 0 Å². The Hall–Kier alpha value is -0.920. The number of likely N-dealkylation sites (N-methyl/N-ethyl adjacent to an activating group) is 1. The van der Waals surface area contributed by atoms with Crippen LogP contribution in [0.1, 0.15) is 45.4 Å². The minimum Gasteiger partial charge on any atom is -0.315 e. The van der Waals surface area contributed by atoms with E-state index in [2.05, 4.69) is 15.1 Å². The molecule has 1 aliphatic rings. The Labute approximate surface area is 127 Å². The van der Waals surface area contributed by atoms with Crippen LogP contribution in [0.2, 0.25) is 0 Å². The number of aromatic nitrogens is 2. The molecule has 1 aliphatic carbocycles. The van der Waals surface area contributed by atoms with Crippen molar-refractivity contribution in [1.82, 2.24) is 19.8 Å². The van der Waals surface area contributed by atoms with E-state index in [1.54, 1.807) is 10.9 Å². The van der Waals surface area contributed by atoms with E-state index in [0.29, 0.717) is 6.54 Å². The molecule has 21 heavy (non-hydrogen) atoms. The van der Waals surface area contributed by atoms with Gasteiger partial charge in [-0.1, -0.05) is 32.6 Å². The van der Waals surface area contributed by atoms with Gasteiger partial charge in [0.25, 0.3) is 0 Å². The molecule has 120 valence electrons. The Morgan fingerprint density at radius 2 is 2.00 bits per heavy atom. The molecule has 0 bridgehead atoms. The molecule has 2 rings (SSSR count). The Kier molecular flexibility index (Phi) is 6.20. The van der Waals surface area contributed by atoms with E-state index in [1.807, 2.05) is 6.92 Å². The van der Waals surface area contributed by atoms with E-state index in [-0.39, 0.29) is 10.9 Å². The molecule has 1 saturated carbocycles. The topological polar surface area (TPSA) is 76.0 Å². The van der Waals surface area contributed by atoms with Gasteiger partial charge in [0.1, 0.15) is 4.90 Å². The van der Waals surface area contributed by atoms with E-state index in [9.17, 15) is 8.42 Å². The fourth-order valence-corrected chi connectivity index (χ4v) is 3.92. The van der Waals surface area contributed by atoms with Gasteiger partial charge in [0.2, 0.25) is 10.0 Å². The number of sulfonamides is 1. The molecule has 6 nitrogen and oxygen atoms in total. The first-order valence-corrected chi connectivity index (χ1v) is 9.35. The maximum atomic E-state index is 12.4. The first-order chi connectivity index (χ1) is 10.1. The van der Waals surface area contributed by atoms with Crippen LogP contribution in [-0.2, 0) is 16.6 Å². The van der Waals surface area contributed by atoms with Gasteiger partial charge in [-0.2, -0.15) is 5.10 Å². The van der Waals surface area contributed by atoms with Crippen LogP contribution in [-0.4, -0.2) is 37.3 Å². The molecule has 0 radical (unpaired) electrons. The van der Waals surface area contributed by atoms with Gasteiger partial charge < -0.3 is 5.32 Å². The van der Waals surface area contributed by atoms with E-state index in [1.165, 1.54) is 19.0 Å². The van der Waals surface area contributed by atoms with Crippen LogP contribution in [0.3, 0.4) is 0 Å². The highest BCUT2D eigenvalue weighted by molar-refractivity contribution is 7.89. The van der Waals surface area contributed by atoms with Crippen LogP contribution < -0.4 is 10.0 Å². The average Bonchev–Trinajstić information content (AvgIpc) is 2.79. The maximum absolute atomic E-state index is 12.4. The van der Waals surface area contributed by atoms with Crippen molar-refractivity contribution in [3.05, 3.63) is 12.4 Å². The highest BCUT2D eigenvalue weighted by Crippen LogP contribution is 2.19. The second-order valence-electron chi connectivity index (χ2n) is 5.60. The maximum Gasteiger partial charge on any atom is 0.243 e. The van der Waals surface area contributed by atoms with Gasteiger partial charge in [0.05, 0.1) is 12.7 Å². The van der Waals surface area contributed by atoms with E-state index in [4.69, 9.17) is 0 Å². The summed E-state index contributed by atoms with van der Waals surface area (Å²) in [6.45, 7) is 4.39. The number of nitrogens with one attached hydrogen (secondary N) is 2. The molecule has 1 fully saturated rings. The van der Waals surface area contributed by atoms with Gasteiger partial charge in [-0.05, 0) is 19.4 Å². The lowest BCUT2D eigenvalue weighted by Crippen LogP contribution is -2.34. The summed E-state index contributed by atoms with van der Waals surface area (Å²) >= 11 is 0. The highest BCUT2D eigenvalue weighted by Gasteiger charge is 2.22. The second kappa shape index (κ2) is 7.91. The Bertz CT molecular complexity index is 519. The SMILES string of the molecule is CCNCCn1cc(S(=O)(=O)NC2CCCCCC2)cn1. The minimum absolute atomic E-state index is 0.0719. The summed E-state index contributed by atoms with van der Waals surface area (Å²) in [6.07, 6.45) is 9.55. The largest absolute Gasteiger partial charge is 0.315 e. The van der Waals surface area contributed by atoms with Gasteiger partial charge in [0, 0.05) is 18.8 Å². The predicted octanol–water partition coefficient (Wildman–Crippen LogP) is 1.49. The van der Waals surface area contributed by atoms with E-state index in [0.717, 1.165) is 38.8 Å². The fraction of sp³-hybridized carbons (Fsp3) is 0.786. The van der Waals surface area contributed by atoms with Crippen molar-refractivity contribution in [3.8, 4) is 0 Å². The van der Waals surface area contributed by atoms with E-state index >= 15 is 0 Å². The fourth-order valence-electron chi connectivity index (χ4n) is 2.66. The molecule has 0 atom stereocenters. The van der Waals surface area contributed by atoms with Crippen molar-refractivity contribution in [2.24, 2.45) is 0 Å². The summed E-state index contributed by atoms with van der Waals surface area (Å²) in [5, 5.41) is 7.31. The molecular formula is C14H26N4O2S. The number of rotatable bonds is 7. The molecule has 0 unspecified atom stereocenters. The Morgan fingerprint density at radius 3 is 2.67 bits per heavy atom. The van der Waals surface area contributed by atoms with Gasteiger partial charge in [-0.3, -0.25) is 4.68 Å². The summed E-state index contributed by atoms with van der Waals surface area (Å²) in [5.74, 6) is 0. The van der Waals surface area contributed by atoms with Crippen molar-refractivity contribution in [2.75, 3.05) is 13.1 Å². The van der Waals surface area contributed by atoms with Crippen LogP contribution in [0.4, 0.5) is 0 Å². The first kappa shape index (κ1) is 16.5. The summed E-state index contributed by atoms with van der Waals surface area (Å²) in [6, 6.07) is 0.0719. The van der Waals surface area contributed by atoms with Gasteiger partial charge in [0.15, 0.2) is 0 Å². The number of hydrogen-bond acceptors (Lipinski definition) is 4. The van der Waals surface area contributed by atoms with E-state index < -0.39 is 10.0 Å². The van der Waals surface area contributed by atoms with Crippen molar-refractivity contribution in [2.45, 2.75) is 62.9 Å². The number of nitrogens with zero attached hydrogens (tertiary/aromatic N) is 2.